The Labute approximate surface area is 118 Å². The molecule has 0 aliphatic carbocycles. The van der Waals surface area contributed by atoms with Gasteiger partial charge in [-0.3, -0.25) is 4.79 Å². The average Bonchev–Trinajstić information content (AvgIpc) is 2.88. The second-order valence-corrected chi connectivity index (χ2v) is 5.09. The molecule has 1 N–H and O–H groups in total. The maximum Gasteiger partial charge on any atom is 0.227 e. The minimum absolute atomic E-state index is 0.0623. The predicted molar refractivity (Wildman–Crippen MR) is 75.3 cm³/mol. The molecule has 0 bridgehead atoms. The number of nitrogens with one attached hydrogen (secondary N) is 1. The first-order chi connectivity index (χ1) is 9.65. The van der Waals surface area contributed by atoms with Crippen LogP contribution in [-0.2, 0) is 11.2 Å². The van der Waals surface area contributed by atoms with Gasteiger partial charge in [0.25, 0.3) is 0 Å². The summed E-state index contributed by atoms with van der Waals surface area (Å²) >= 11 is 0. The fraction of sp³-hybridized carbons (Fsp3) is 0.533. The summed E-state index contributed by atoms with van der Waals surface area (Å²) in [6.45, 7) is 1.60. The van der Waals surface area contributed by atoms with Gasteiger partial charge in [-0.1, -0.05) is 6.07 Å². The largest absolute Gasteiger partial charge is 0.494 e. The van der Waals surface area contributed by atoms with Crippen LogP contribution in [0.15, 0.2) is 18.2 Å². The van der Waals surface area contributed by atoms with Gasteiger partial charge in [0.1, 0.15) is 0 Å². The first-order valence-corrected chi connectivity index (χ1v) is 6.92. The molecule has 1 amide bonds. The van der Waals surface area contributed by atoms with E-state index in [1.807, 2.05) is 11.9 Å². The molecule has 2 rings (SSSR count). The number of likely N-dealkylation sites (tertiary alicyclic amines) is 1. The van der Waals surface area contributed by atoms with Crippen LogP contribution in [0.3, 0.4) is 0 Å². The highest BCUT2D eigenvalue weighted by atomic mass is 19.1. The van der Waals surface area contributed by atoms with E-state index in [0.717, 1.165) is 25.9 Å². The van der Waals surface area contributed by atoms with Crippen LogP contribution < -0.4 is 10.1 Å². The summed E-state index contributed by atoms with van der Waals surface area (Å²) in [7, 11) is 3.32. The van der Waals surface area contributed by atoms with E-state index in [9.17, 15) is 9.18 Å². The highest BCUT2D eigenvalue weighted by Gasteiger charge is 2.27. The van der Waals surface area contributed by atoms with Gasteiger partial charge in [-0.05, 0) is 37.6 Å². The molecule has 0 radical (unpaired) electrons. The number of rotatable bonds is 5. The third-order valence-electron chi connectivity index (χ3n) is 3.71. The molecule has 1 aliphatic heterocycles. The Balaban J connectivity index is 2.02. The van der Waals surface area contributed by atoms with Crippen LogP contribution in [-0.4, -0.2) is 44.1 Å². The molecule has 0 spiro atoms. The third-order valence-corrected chi connectivity index (χ3v) is 3.71. The third kappa shape index (κ3) is 3.28. The predicted octanol–water partition coefficient (Wildman–Crippen LogP) is 1.59. The fourth-order valence-electron chi connectivity index (χ4n) is 2.71. The van der Waals surface area contributed by atoms with Gasteiger partial charge in [-0.2, -0.15) is 0 Å². The number of carbonyl (C=O) groups excluding carboxylic acids is 1. The van der Waals surface area contributed by atoms with Gasteiger partial charge in [0.15, 0.2) is 11.6 Å². The Morgan fingerprint density at radius 2 is 2.35 bits per heavy atom. The first kappa shape index (κ1) is 14.8. The minimum Gasteiger partial charge on any atom is -0.494 e. The number of benzene rings is 1. The number of halogens is 1. The Kier molecular flexibility index (Phi) is 4.95. The van der Waals surface area contributed by atoms with Gasteiger partial charge < -0.3 is 15.0 Å². The van der Waals surface area contributed by atoms with Crippen molar-refractivity contribution in [3.05, 3.63) is 29.6 Å². The van der Waals surface area contributed by atoms with Gasteiger partial charge >= 0.3 is 0 Å². The van der Waals surface area contributed by atoms with Crippen LogP contribution in [0.4, 0.5) is 4.39 Å². The van der Waals surface area contributed by atoms with Crippen LogP contribution in [0.25, 0.3) is 0 Å². The highest BCUT2D eigenvalue weighted by molar-refractivity contribution is 5.79. The lowest BCUT2D eigenvalue weighted by atomic mass is 10.1. The van der Waals surface area contributed by atoms with Gasteiger partial charge in [-0.15, -0.1) is 0 Å². The van der Waals surface area contributed by atoms with E-state index in [4.69, 9.17) is 4.74 Å². The quantitative estimate of drug-likeness (QED) is 0.890. The van der Waals surface area contributed by atoms with E-state index in [2.05, 4.69) is 5.32 Å². The molecule has 0 saturated carbocycles. The molecule has 1 aromatic carbocycles. The molecular formula is C15H21FN2O2. The summed E-state index contributed by atoms with van der Waals surface area (Å²) < 4.78 is 18.5. The number of likely N-dealkylation sites (N-methyl/N-ethyl adjacent to an activating group) is 1. The van der Waals surface area contributed by atoms with Crippen molar-refractivity contribution in [2.45, 2.75) is 25.3 Å². The number of carbonyl (C=O) groups is 1. The lowest BCUT2D eigenvalue weighted by Crippen LogP contribution is -2.41. The zero-order valence-corrected chi connectivity index (χ0v) is 12.0. The normalized spacial score (nSPS) is 18.4. The zero-order chi connectivity index (χ0) is 14.5. The van der Waals surface area contributed by atoms with Crippen molar-refractivity contribution in [2.24, 2.45) is 0 Å². The summed E-state index contributed by atoms with van der Waals surface area (Å²) in [6.07, 6.45) is 2.31. The SMILES string of the molecule is CNCC1CCCN1C(=O)Cc1ccc(OC)c(F)c1. The van der Waals surface area contributed by atoms with Crippen LogP contribution in [0.1, 0.15) is 18.4 Å². The van der Waals surface area contributed by atoms with Crippen molar-refractivity contribution >= 4 is 5.91 Å². The molecule has 20 heavy (non-hydrogen) atoms. The van der Waals surface area contributed by atoms with E-state index in [-0.39, 0.29) is 24.1 Å². The second-order valence-electron chi connectivity index (χ2n) is 5.09. The van der Waals surface area contributed by atoms with Crippen molar-refractivity contribution in [3.63, 3.8) is 0 Å². The topological polar surface area (TPSA) is 41.6 Å². The molecule has 1 fully saturated rings. The van der Waals surface area contributed by atoms with Crippen molar-refractivity contribution in [2.75, 3.05) is 27.2 Å². The van der Waals surface area contributed by atoms with Gasteiger partial charge in [-0.25, -0.2) is 4.39 Å². The lowest BCUT2D eigenvalue weighted by Gasteiger charge is -2.24. The monoisotopic (exact) mass is 280 g/mol. The second kappa shape index (κ2) is 6.70. The van der Waals surface area contributed by atoms with E-state index in [1.54, 1.807) is 12.1 Å². The Morgan fingerprint density at radius 3 is 3.00 bits per heavy atom. The summed E-state index contributed by atoms with van der Waals surface area (Å²) in [5.74, 6) is -0.159. The van der Waals surface area contributed by atoms with E-state index in [1.165, 1.54) is 13.2 Å². The summed E-state index contributed by atoms with van der Waals surface area (Å²) in [4.78, 5) is 14.2. The highest BCUT2D eigenvalue weighted by Crippen LogP contribution is 2.21. The molecule has 5 heteroatoms. The molecular weight excluding hydrogens is 259 g/mol. The average molecular weight is 280 g/mol. The number of hydrogen-bond donors (Lipinski definition) is 1. The summed E-state index contributed by atoms with van der Waals surface area (Å²) in [6, 6.07) is 4.94. The first-order valence-electron chi connectivity index (χ1n) is 6.92. The van der Waals surface area contributed by atoms with Crippen LogP contribution in [0, 0.1) is 5.82 Å². The van der Waals surface area contributed by atoms with Crippen molar-refractivity contribution in [3.8, 4) is 5.75 Å². The standard InChI is InChI=1S/C15H21FN2O2/c1-17-10-12-4-3-7-18(12)15(19)9-11-5-6-14(20-2)13(16)8-11/h5-6,8,12,17H,3-4,7,9-10H2,1-2H3. The molecule has 4 nitrogen and oxygen atoms in total. The Morgan fingerprint density at radius 1 is 1.55 bits per heavy atom. The molecule has 110 valence electrons. The van der Waals surface area contributed by atoms with Crippen LogP contribution >= 0.6 is 0 Å². The van der Waals surface area contributed by atoms with Crippen LogP contribution in [0.5, 0.6) is 5.75 Å². The van der Waals surface area contributed by atoms with E-state index < -0.39 is 5.82 Å². The smallest absolute Gasteiger partial charge is 0.227 e. The van der Waals surface area contributed by atoms with Gasteiger partial charge in [0.05, 0.1) is 13.5 Å². The molecule has 1 heterocycles. The number of hydrogen-bond acceptors (Lipinski definition) is 3. The number of nitrogens with zero attached hydrogens (tertiary/aromatic N) is 1. The molecule has 1 aliphatic rings. The maximum absolute atomic E-state index is 13.6. The number of methoxy groups -OCH3 is 1. The Bertz CT molecular complexity index is 479. The molecule has 1 atom stereocenters. The molecule has 1 aromatic rings. The molecule has 0 aromatic heterocycles. The van der Waals surface area contributed by atoms with Crippen molar-refractivity contribution in [1.82, 2.24) is 10.2 Å². The minimum atomic E-state index is -0.425. The van der Waals surface area contributed by atoms with Crippen molar-refractivity contribution in [1.29, 1.82) is 0 Å². The lowest BCUT2D eigenvalue weighted by molar-refractivity contribution is -0.131. The molecule has 1 saturated heterocycles. The van der Waals surface area contributed by atoms with Gasteiger partial charge in [0.2, 0.25) is 5.91 Å². The fourth-order valence-corrected chi connectivity index (χ4v) is 2.71. The summed E-state index contributed by atoms with van der Waals surface area (Å²) in [5.41, 5.74) is 0.684. The molecule has 1 unspecified atom stereocenters. The van der Waals surface area contributed by atoms with E-state index in [0.29, 0.717) is 5.56 Å². The Hall–Kier alpha value is -1.62. The number of amides is 1. The number of ether oxygens (including phenoxy) is 1. The zero-order valence-electron chi connectivity index (χ0n) is 12.0. The van der Waals surface area contributed by atoms with Crippen molar-refractivity contribution < 1.29 is 13.9 Å². The van der Waals surface area contributed by atoms with Gasteiger partial charge in [0, 0.05) is 19.1 Å². The van der Waals surface area contributed by atoms with Crippen LogP contribution in [0.2, 0.25) is 0 Å². The van der Waals surface area contributed by atoms with E-state index >= 15 is 0 Å². The maximum atomic E-state index is 13.6. The summed E-state index contributed by atoms with van der Waals surface area (Å²) in [5, 5.41) is 3.11.